The predicted molar refractivity (Wildman–Crippen MR) is 89.5 cm³/mol. The fraction of sp³-hybridized carbons (Fsp3) is 0.0625. The number of nitrogens with zero attached hydrogens (tertiary/aromatic N) is 3. The first-order valence-electron chi connectivity index (χ1n) is 6.82. The zero-order valence-electron chi connectivity index (χ0n) is 12.3. The fourth-order valence-electron chi connectivity index (χ4n) is 2.38. The van der Waals surface area contributed by atoms with Crippen LogP contribution >= 0.6 is 11.6 Å². The molecule has 4 N–H and O–H groups in total. The number of anilines is 1. The van der Waals surface area contributed by atoms with Crippen molar-refractivity contribution in [2.75, 3.05) is 5.73 Å². The summed E-state index contributed by atoms with van der Waals surface area (Å²) in [5.41, 5.74) is 14.1. The van der Waals surface area contributed by atoms with E-state index in [0.29, 0.717) is 27.8 Å². The third-order valence-corrected chi connectivity index (χ3v) is 3.76. The summed E-state index contributed by atoms with van der Waals surface area (Å²) in [6.07, 6.45) is 4.76. The van der Waals surface area contributed by atoms with Crippen LogP contribution in [0, 0.1) is 6.92 Å². The van der Waals surface area contributed by atoms with Gasteiger partial charge in [0, 0.05) is 29.0 Å². The first kappa shape index (κ1) is 15.1. The van der Waals surface area contributed by atoms with Crippen molar-refractivity contribution in [3.8, 4) is 16.9 Å². The minimum absolute atomic E-state index is 0.338. The molecule has 2 heterocycles. The van der Waals surface area contributed by atoms with Crippen LogP contribution in [-0.2, 0) is 0 Å². The highest BCUT2D eigenvalue weighted by Gasteiger charge is 2.16. The van der Waals surface area contributed by atoms with Crippen molar-refractivity contribution in [2.24, 2.45) is 5.73 Å². The summed E-state index contributed by atoms with van der Waals surface area (Å²) in [6, 6.07) is 7.10. The van der Waals surface area contributed by atoms with Crippen molar-refractivity contribution in [1.82, 2.24) is 14.5 Å². The van der Waals surface area contributed by atoms with Gasteiger partial charge < -0.3 is 16.0 Å². The number of nitrogens with two attached hydrogens (primary N) is 2. The molecule has 0 aliphatic rings. The van der Waals surface area contributed by atoms with Gasteiger partial charge in [0.1, 0.15) is 18.0 Å². The number of halogens is 1. The number of hydrogen-bond donors (Lipinski definition) is 2. The number of aryl methyl sites for hydroxylation is 1. The summed E-state index contributed by atoms with van der Waals surface area (Å²) < 4.78 is 1.69. The van der Waals surface area contributed by atoms with Gasteiger partial charge in [-0.2, -0.15) is 0 Å². The van der Waals surface area contributed by atoms with Gasteiger partial charge in [0.2, 0.25) is 0 Å². The Labute approximate surface area is 137 Å². The molecule has 0 aliphatic heterocycles. The van der Waals surface area contributed by atoms with Crippen LogP contribution in [0.4, 0.5) is 5.82 Å². The summed E-state index contributed by atoms with van der Waals surface area (Å²) >= 11 is 6.08. The average molecular weight is 328 g/mol. The number of carbonyl (C=O) groups is 1. The van der Waals surface area contributed by atoms with Crippen molar-refractivity contribution < 1.29 is 4.79 Å². The normalized spacial score (nSPS) is 10.7. The van der Waals surface area contributed by atoms with Gasteiger partial charge in [-0.05, 0) is 30.2 Å². The molecule has 0 aliphatic carbocycles. The smallest absolute Gasteiger partial charge is 0.250 e. The molecule has 2 aromatic heterocycles. The van der Waals surface area contributed by atoms with Crippen molar-refractivity contribution in [1.29, 1.82) is 0 Å². The number of carbonyl (C=O) groups excluding carboxylic acids is 1. The van der Waals surface area contributed by atoms with Crippen LogP contribution in [0.3, 0.4) is 0 Å². The van der Waals surface area contributed by atoms with Crippen molar-refractivity contribution in [3.63, 3.8) is 0 Å². The number of amides is 1. The van der Waals surface area contributed by atoms with E-state index in [1.165, 1.54) is 6.33 Å². The highest BCUT2D eigenvalue weighted by Crippen LogP contribution is 2.31. The summed E-state index contributed by atoms with van der Waals surface area (Å²) in [5, 5.41) is 0.583. The zero-order valence-corrected chi connectivity index (χ0v) is 13.1. The minimum Gasteiger partial charge on any atom is -0.384 e. The first-order valence-corrected chi connectivity index (χ1v) is 7.19. The molecule has 1 amide bonds. The molecule has 0 bridgehead atoms. The predicted octanol–water partition coefficient (Wildman–Crippen LogP) is 2.58. The van der Waals surface area contributed by atoms with E-state index in [9.17, 15) is 4.79 Å². The molecule has 0 saturated carbocycles. The van der Waals surface area contributed by atoms with E-state index in [1.54, 1.807) is 35.2 Å². The zero-order chi connectivity index (χ0) is 16.6. The molecule has 1 aromatic carbocycles. The standard InChI is InChI=1S/C16H14ClN5O/c1-9-2-3-10(17)4-11(9)12-6-22(7-13(12)16(19)23)15-5-14(18)20-8-21-15/h2-8H,1H3,(H2,19,23)(H2,18,20,21). The number of aromatic nitrogens is 3. The van der Waals surface area contributed by atoms with E-state index in [0.717, 1.165) is 11.1 Å². The van der Waals surface area contributed by atoms with E-state index in [1.807, 2.05) is 13.0 Å². The second-order valence-electron chi connectivity index (χ2n) is 5.12. The molecule has 23 heavy (non-hydrogen) atoms. The molecule has 0 unspecified atom stereocenters. The van der Waals surface area contributed by atoms with Gasteiger partial charge in [-0.3, -0.25) is 4.79 Å². The summed E-state index contributed by atoms with van der Waals surface area (Å²) in [6.45, 7) is 1.94. The molecule has 0 saturated heterocycles. The second-order valence-corrected chi connectivity index (χ2v) is 5.55. The summed E-state index contributed by atoms with van der Waals surface area (Å²) in [7, 11) is 0. The lowest BCUT2D eigenvalue weighted by Gasteiger charge is -2.06. The Balaban J connectivity index is 2.21. The number of primary amides is 1. The van der Waals surface area contributed by atoms with Gasteiger partial charge in [0.25, 0.3) is 5.91 Å². The lowest BCUT2D eigenvalue weighted by molar-refractivity contribution is 0.100. The summed E-state index contributed by atoms with van der Waals surface area (Å²) in [5.74, 6) is 0.357. The Bertz CT molecular complexity index is 903. The Morgan fingerprint density at radius 1 is 1.17 bits per heavy atom. The van der Waals surface area contributed by atoms with Gasteiger partial charge in [0.15, 0.2) is 0 Å². The molecule has 3 aromatic rings. The maximum atomic E-state index is 11.8. The van der Waals surface area contributed by atoms with Gasteiger partial charge in [-0.1, -0.05) is 17.7 Å². The minimum atomic E-state index is -0.528. The van der Waals surface area contributed by atoms with Crippen molar-refractivity contribution >= 4 is 23.3 Å². The summed E-state index contributed by atoms with van der Waals surface area (Å²) in [4.78, 5) is 19.8. The van der Waals surface area contributed by atoms with Crippen LogP contribution in [0.1, 0.15) is 15.9 Å². The first-order chi connectivity index (χ1) is 11.0. The Kier molecular flexibility index (Phi) is 3.75. The maximum absolute atomic E-state index is 11.8. The molecule has 0 spiro atoms. The Morgan fingerprint density at radius 3 is 2.65 bits per heavy atom. The molecule has 0 radical (unpaired) electrons. The number of benzene rings is 1. The SMILES string of the molecule is Cc1ccc(Cl)cc1-c1cn(-c2cc(N)ncn2)cc1C(N)=O. The van der Waals surface area contributed by atoms with Gasteiger partial charge in [-0.15, -0.1) is 0 Å². The Hall–Kier alpha value is -2.86. The average Bonchev–Trinajstić information content (AvgIpc) is 2.95. The van der Waals surface area contributed by atoms with E-state index in [2.05, 4.69) is 9.97 Å². The van der Waals surface area contributed by atoms with E-state index in [-0.39, 0.29) is 0 Å². The van der Waals surface area contributed by atoms with Crippen LogP contribution < -0.4 is 11.5 Å². The molecule has 0 atom stereocenters. The van der Waals surface area contributed by atoms with Crippen molar-refractivity contribution in [2.45, 2.75) is 6.92 Å². The topological polar surface area (TPSA) is 99.8 Å². The molecular weight excluding hydrogens is 314 g/mol. The highest BCUT2D eigenvalue weighted by molar-refractivity contribution is 6.31. The lowest BCUT2D eigenvalue weighted by atomic mass is 10.00. The molecule has 0 fully saturated rings. The number of hydrogen-bond acceptors (Lipinski definition) is 4. The highest BCUT2D eigenvalue weighted by atomic mass is 35.5. The quantitative estimate of drug-likeness (QED) is 0.772. The van der Waals surface area contributed by atoms with Crippen LogP contribution in [0.2, 0.25) is 5.02 Å². The molecule has 7 heteroatoms. The maximum Gasteiger partial charge on any atom is 0.250 e. The van der Waals surface area contributed by atoms with Gasteiger partial charge in [0.05, 0.1) is 5.56 Å². The molecule has 6 nitrogen and oxygen atoms in total. The fourth-order valence-corrected chi connectivity index (χ4v) is 2.56. The van der Waals surface area contributed by atoms with Crippen LogP contribution in [0.5, 0.6) is 0 Å². The van der Waals surface area contributed by atoms with Crippen LogP contribution in [-0.4, -0.2) is 20.4 Å². The van der Waals surface area contributed by atoms with Crippen LogP contribution in [0.15, 0.2) is 43.0 Å². The van der Waals surface area contributed by atoms with E-state index < -0.39 is 5.91 Å². The third kappa shape index (κ3) is 2.89. The second kappa shape index (κ2) is 5.73. The van der Waals surface area contributed by atoms with Crippen LogP contribution in [0.25, 0.3) is 16.9 Å². The Morgan fingerprint density at radius 2 is 1.96 bits per heavy atom. The number of rotatable bonds is 3. The number of nitrogen functional groups attached to an aromatic ring is 1. The van der Waals surface area contributed by atoms with Gasteiger partial charge >= 0.3 is 0 Å². The van der Waals surface area contributed by atoms with Crippen molar-refractivity contribution in [3.05, 3.63) is 59.1 Å². The van der Waals surface area contributed by atoms with Gasteiger partial charge in [-0.25, -0.2) is 9.97 Å². The van der Waals surface area contributed by atoms with E-state index in [4.69, 9.17) is 23.1 Å². The lowest BCUT2D eigenvalue weighted by Crippen LogP contribution is -2.11. The van der Waals surface area contributed by atoms with E-state index >= 15 is 0 Å². The largest absolute Gasteiger partial charge is 0.384 e. The third-order valence-electron chi connectivity index (χ3n) is 3.52. The molecule has 3 rings (SSSR count). The molecule has 116 valence electrons. The molecular formula is C16H14ClN5O. The monoisotopic (exact) mass is 327 g/mol.